The maximum absolute atomic E-state index is 12.7. The number of nitrogens with zero attached hydrogens (tertiary/aromatic N) is 3. The highest BCUT2D eigenvalue weighted by molar-refractivity contribution is 7.89. The van der Waals surface area contributed by atoms with Crippen LogP contribution in [0.4, 0.5) is 5.69 Å². The second-order valence-corrected chi connectivity index (χ2v) is 8.37. The molecule has 0 aliphatic carbocycles. The zero-order chi connectivity index (χ0) is 17.3. The van der Waals surface area contributed by atoms with Crippen molar-refractivity contribution in [3.8, 4) is 0 Å². The van der Waals surface area contributed by atoms with Gasteiger partial charge in [-0.3, -0.25) is 15.0 Å². The molecule has 2 aliphatic rings. The number of rotatable bonds is 4. The summed E-state index contributed by atoms with van der Waals surface area (Å²) in [5.41, 5.74) is 5.81. The van der Waals surface area contributed by atoms with E-state index in [0.717, 1.165) is 32.4 Å². The molecular formula is C15H23ClN4O4S. The maximum atomic E-state index is 12.7. The minimum Gasteiger partial charge on any atom is -0.328 e. The van der Waals surface area contributed by atoms with Gasteiger partial charge in [-0.15, -0.1) is 12.4 Å². The maximum Gasteiger partial charge on any atom is 0.269 e. The number of non-ortho nitro benzene ring substituents is 1. The highest BCUT2D eigenvalue weighted by Gasteiger charge is 2.36. The van der Waals surface area contributed by atoms with Crippen LogP contribution in [0, 0.1) is 10.1 Å². The highest BCUT2D eigenvalue weighted by Crippen LogP contribution is 2.26. The van der Waals surface area contributed by atoms with E-state index in [1.165, 1.54) is 28.6 Å². The standard InChI is InChI=1S/C15H22N4O4S.ClH/c16-12-5-8-17(9-6-12)14-7-10-18(11-14)24(22,23)15-3-1-13(2-4-15)19(20)21;/h1-4,12,14H,5-11,16H2;1H. The summed E-state index contributed by atoms with van der Waals surface area (Å²) < 4.78 is 26.9. The van der Waals surface area contributed by atoms with Crippen molar-refractivity contribution < 1.29 is 13.3 Å². The minimum absolute atomic E-state index is 0. The van der Waals surface area contributed by atoms with Crippen LogP contribution < -0.4 is 5.73 Å². The van der Waals surface area contributed by atoms with Crippen molar-refractivity contribution in [3.63, 3.8) is 0 Å². The van der Waals surface area contributed by atoms with E-state index in [1.807, 2.05) is 0 Å². The first kappa shape index (κ1) is 20.1. The Labute approximate surface area is 153 Å². The molecule has 1 aromatic carbocycles. The van der Waals surface area contributed by atoms with Gasteiger partial charge in [-0.2, -0.15) is 4.31 Å². The summed E-state index contributed by atoms with van der Waals surface area (Å²) in [5.74, 6) is 0. The van der Waals surface area contributed by atoms with Gasteiger partial charge >= 0.3 is 0 Å². The fourth-order valence-electron chi connectivity index (χ4n) is 3.40. The van der Waals surface area contributed by atoms with E-state index in [9.17, 15) is 18.5 Å². The molecule has 2 heterocycles. The summed E-state index contributed by atoms with van der Waals surface area (Å²) in [5, 5.41) is 10.7. The number of sulfonamides is 1. The van der Waals surface area contributed by atoms with Crippen molar-refractivity contribution in [2.45, 2.75) is 36.2 Å². The predicted octanol–water partition coefficient (Wildman–Crippen LogP) is 1.20. The monoisotopic (exact) mass is 390 g/mol. The van der Waals surface area contributed by atoms with E-state index in [4.69, 9.17) is 5.73 Å². The lowest BCUT2D eigenvalue weighted by Gasteiger charge is -2.34. The number of halogens is 1. The fourth-order valence-corrected chi connectivity index (χ4v) is 4.89. The van der Waals surface area contributed by atoms with Crippen LogP contribution in [-0.2, 0) is 10.0 Å². The summed E-state index contributed by atoms with van der Waals surface area (Å²) in [4.78, 5) is 12.6. The third-order valence-corrected chi connectivity index (χ3v) is 6.78. The molecule has 1 unspecified atom stereocenters. The normalized spacial score (nSPS) is 23.3. The Kier molecular flexibility index (Phi) is 6.39. The molecule has 0 bridgehead atoms. The van der Waals surface area contributed by atoms with Gasteiger partial charge in [0.25, 0.3) is 5.69 Å². The quantitative estimate of drug-likeness (QED) is 0.611. The number of benzene rings is 1. The Morgan fingerprint density at radius 3 is 2.24 bits per heavy atom. The predicted molar refractivity (Wildman–Crippen MR) is 96.3 cm³/mol. The molecule has 2 fully saturated rings. The molecule has 0 saturated carbocycles. The van der Waals surface area contributed by atoms with Gasteiger partial charge in [-0.25, -0.2) is 8.42 Å². The van der Waals surface area contributed by atoms with Crippen LogP contribution in [0.1, 0.15) is 19.3 Å². The summed E-state index contributed by atoms with van der Waals surface area (Å²) in [6.45, 7) is 2.77. The Morgan fingerprint density at radius 2 is 1.68 bits per heavy atom. The largest absolute Gasteiger partial charge is 0.328 e. The molecule has 8 nitrogen and oxygen atoms in total. The molecule has 0 aromatic heterocycles. The third kappa shape index (κ3) is 4.29. The second-order valence-electron chi connectivity index (χ2n) is 6.43. The molecule has 2 aliphatic heterocycles. The topological polar surface area (TPSA) is 110 Å². The highest BCUT2D eigenvalue weighted by atomic mass is 35.5. The molecule has 140 valence electrons. The molecule has 0 radical (unpaired) electrons. The molecule has 25 heavy (non-hydrogen) atoms. The van der Waals surface area contributed by atoms with Crippen molar-refractivity contribution in [2.75, 3.05) is 26.2 Å². The van der Waals surface area contributed by atoms with Crippen LogP contribution in [-0.4, -0.2) is 60.8 Å². The SMILES string of the molecule is Cl.NC1CCN(C2CCN(S(=O)(=O)c3ccc([N+](=O)[O-])cc3)C2)CC1. The van der Waals surface area contributed by atoms with Crippen LogP contribution in [0.3, 0.4) is 0 Å². The van der Waals surface area contributed by atoms with Crippen molar-refractivity contribution in [1.29, 1.82) is 0 Å². The number of nitro benzene ring substituents is 1. The number of likely N-dealkylation sites (tertiary alicyclic amines) is 1. The van der Waals surface area contributed by atoms with Gasteiger partial charge in [0, 0.05) is 37.3 Å². The lowest BCUT2D eigenvalue weighted by Crippen LogP contribution is -2.46. The van der Waals surface area contributed by atoms with Crippen LogP contribution in [0.25, 0.3) is 0 Å². The number of nitro groups is 1. The molecule has 0 amide bonds. The first-order valence-corrected chi connectivity index (χ1v) is 9.56. The average Bonchev–Trinajstić information content (AvgIpc) is 3.06. The van der Waals surface area contributed by atoms with E-state index in [0.29, 0.717) is 13.1 Å². The molecule has 1 atom stereocenters. The molecule has 1 aromatic rings. The van der Waals surface area contributed by atoms with Gasteiger partial charge in [0.1, 0.15) is 0 Å². The zero-order valence-corrected chi connectivity index (χ0v) is 15.4. The average molecular weight is 391 g/mol. The van der Waals surface area contributed by atoms with Crippen molar-refractivity contribution in [1.82, 2.24) is 9.21 Å². The van der Waals surface area contributed by atoms with E-state index in [2.05, 4.69) is 4.90 Å². The second kappa shape index (κ2) is 7.96. The van der Waals surface area contributed by atoms with Crippen molar-refractivity contribution in [3.05, 3.63) is 34.4 Å². The fraction of sp³-hybridized carbons (Fsp3) is 0.600. The minimum atomic E-state index is -3.60. The lowest BCUT2D eigenvalue weighted by atomic mass is 10.0. The molecular weight excluding hydrogens is 368 g/mol. The number of nitrogens with two attached hydrogens (primary N) is 1. The van der Waals surface area contributed by atoms with Gasteiger partial charge in [0.05, 0.1) is 9.82 Å². The molecule has 3 rings (SSSR count). The smallest absolute Gasteiger partial charge is 0.269 e. The molecule has 2 saturated heterocycles. The van der Waals surface area contributed by atoms with Gasteiger partial charge in [-0.1, -0.05) is 0 Å². The third-order valence-electron chi connectivity index (χ3n) is 4.90. The molecule has 10 heteroatoms. The molecule has 0 spiro atoms. The number of piperidine rings is 1. The van der Waals surface area contributed by atoms with Crippen LogP contribution in [0.5, 0.6) is 0 Å². The summed E-state index contributed by atoms with van der Waals surface area (Å²) in [7, 11) is -3.60. The Balaban J connectivity index is 0.00000225. The van der Waals surface area contributed by atoms with Crippen LogP contribution in [0.15, 0.2) is 29.2 Å². The van der Waals surface area contributed by atoms with Crippen molar-refractivity contribution >= 4 is 28.1 Å². The zero-order valence-electron chi connectivity index (χ0n) is 13.8. The van der Waals surface area contributed by atoms with E-state index >= 15 is 0 Å². The number of hydrogen-bond acceptors (Lipinski definition) is 6. The van der Waals surface area contributed by atoms with E-state index in [-0.39, 0.29) is 35.1 Å². The van der Waals surface area contributed by atoms with E-state index in [1.54, 1.807) is 0 Å². The molecule has 2 N–H and O–H groups in total. The Morgan fingerprint density at radius 1 is 1.08 bits per heavy atom. The van der Waals surface area contributed by atoms with Gasteiger partial charge in [-0.05, 0) is 44.5 Å². The summed E-state index contributed by atoms with van der Waals surface area (Å²) in [6, 6.07) is 5.55. The summed E-state index contributed by atoms with van der Waals surface area (Å²) >= 11 is 0. The lowest BCUT2D eigenvalue weighted by molar-refractivity contribution is -0.384. The van der Waals surface area contributed by atoms with Crippen LogP contribution >= 0.6 is 12.4 Å². The Bertz CT molecular complexity index is 705. The first-order valence-electron chi connectivity index (χ1n) is 8.12. The summed E-state index contributed by atoms with van der Waals surface area (Å²) in [6.07, 6.45) is 2.71. The van der Waals surface area contributed by atoms with Gasteiger partial charge in [0.15, 0.2) is 0 Å². The van der Waals surface area contributed by atoms with Gasteiger partial charge in [0.2, 0.25) is 10.0 Å². The first-order chi connectivity index (χ1) is 11.4. The van der Waals surface area contributed by atoms with Crippen LogP contribution in [0.2, 0.25) is 0 Å². The number of hydrogen-bond donors (Lipinski definition) is 1. The van der Waals surface area contributed by atoms with Crippen molar-refractivity contribution in [2.24, 2.45) is 5.73 Å². The van der Waals surface area contributed by atoms with Gasteiger partial charge < -0.3 is 5.73 Å². The van der Waals surface area contributed by atoms with E-state index < -0.39 is 14.9 Å². The Hall–Kier alpha value is -1.26.